The van der Waals surface area contributed by atoms with E-state index in [1.54, 1.807) is 18.2 Å². The van der Waals surface area contributed by atoms with Crippen LogP contribution < -0.4 is 15.2 Å². The van der Waals surface area contributed by atoms with Gasteiger partial charge in [0.1, 0.15) is 0 Å². The molecule has 2 N–H and O–H groups in total. The molecule has 1 aromatic rings. The highest BCUT2D eigenvalue weighted by Gasteiger charge is 2.27. The summed E-state index contributed by atoms with van der Waals surface area (Å²) >= 11 is 0. The molecule has 1 saturated heterocycles. The van der Waals surface area contributed by atoms with Crippen LogP contribution in [0.1, 0.15) is 30.1 Å². The van der Waals surface area contributed by atoms with Gasteiger partial charge in [0.05, 0.1) is 0 Å². The number of nitrogens with two attached hydrogens (primary N) is 1. The number of ether oxygens (including phenoxy) is 2. The van der Waals surface area contributed by atoms with E-state index >= 15 is 0 Å². The van der Waals surface area contributed by atoms with Crippen molar-refractivity contribution in [3.63, 3.8) is 0 Å². The summed E-state index contributed by atoms with van der Waals surface area (Å²) in [5, 5.41) is 0. The Morgan fingerprint density at radius 1 is 1.38 bits per heavy atom. The van der Waals surface area contributed by atoms with Gasteiger partial charge in [-0.25, -0.2) is 0 Å². The number of likely N-dealkylation sites (tertiary alicyclic amines) is 1. The van der Waals surface area contributed by atoms with E-state index in [-0.39, 0.29) is 31.1 Å². The van der Waals surface area contributed by atoms with Crippen molar-refractivity contribution in [3.8, 4) is 11.5 Å². The van der Waals surface area contributed by atoms with Crippen molar-refractivity contribution >= 4 is 18.3 Å². The molecule has 0 saturated carbocycles. The number of halogens is 1. The Balaban J connectivity index is 0.00000161. The topological polar surface area (TPSA) is 64.8 Å². The first kappa shape index (κ1) is 15.9. The van der Waals surface area contributed by atoms with Crippen LogP contribution >= 0.6 is 12.4 Å². The Bertz CT molecular complexity index is 522. The second-order valence-corrected chi connectivity index (χ2v) is 5.58. The highest BCUT2D eigenvalue weighted by molar-refractivity contribution is 5.95. The highest BCUT2D eigenvalue weighted by Crippen LogP contribution is 2.33. The molecule has 21 heavy (non-hydrogen) atoms. The number of carbonyl (C=O) groups is 1. The molecular formula is C15H21ClN2O3. The zero-order valence-electron chi connectivity index (χ0n) is 12.1. The molecule has 0 spiro atoms. The standard InChI is InChI=1S/C15H20N2O3.ClH/c1-10(16)12-3-2-6-17(8-12)15(18)11-4-5-13-14(7-11)20-9-19-13;/h4-5,7,10,12H,2-3,6,8-9,16H2,1H3;1H. The van der Waals surface area contributed by atoms with E-state index in [1.807, 2.05) is 11.8 Å². The lowest BCUT2D eigenvalue weighted by atomic mass is 9.92. The molecule has 1 amide bonds. The first-order valence-electron chi connectivity index (χ1n) is 7.09. The normalized spacial score (nSPS) is 21.6. The molecule has 0 aromatic heterocycles. The molecule has 0 radical (unpaired) electrons. The van der Waals surface area contributed by atoms with Gasteiger partial charge >= 0.3 is 0 Å². The molecule has 2 aliphatic rings. The SMILES string of the molecule is CC(N)C1CCCN(C(=O)c2ccc3c(c2)OCO3)C1.Cl. The van der Waals surface area contributed by atoms with E-state index in [0.29, 0.717) is 23.0 Å². The third kappa shape index (κ3) is 3.24. The number of nitrogens with zero attached hydrogens (tertiary/aromatic N) is 1. The van der Waals surface area contributed by atoms with Crippen LogP contribution in [0.5, 0.6) is 11.5 Å². The van der Waals surface area contributed by atoms with Gasteiger partial charge in [-0.05, 0) is 43.9 Å². The Labute approximate surface area is 130 Å². The minimum absolute atomic E-state index is 0. The van der Waals surface area contributed by atoms with Gasteiger partial charge in [0, 0.05) is 24.7 Å². The fourth-order valence-electron chi connectivity index (χ4n) is 2.84. The first-order chi connectivity index (χ1) is 9.65. The third-order valence-electron chi connectivity index (χ3n) is 4.11. The lowest BCUT2D eigenvalue weighted by Gasteiger charge is -2.34. The molecule has 2 aliphatic heterocycles. The van der Waals surface area contributed by atoms with E-state index in [4.69, 9.17) is 15.2 Å². The van der Waals surface area contributed by atoms with E-state index in [1.165, 1.54) is 0 Å². The van der Waals surface area contributed by atoms with Gasteiger partial charge in [0.15, 0.2) is 11.5 Å². The zero-order chi connectivity index (χ0) is 14.1. The van der Waals surface area contributed by atoms with E-state index in [0.717, 1.165) is 25.9 Å². The van der Waals surface area contributed by atoms with Crippen LogP contribution in [-0.2, 0) is 0 Å². The molecule has 116 valence electrons. The molecule has 2 heterocycles. The van der Waals surface area contributed by atoms with Crippen molar-refractivity contribution < 1.29 is 14.3 Å². The molecule has 5 nitrogen and oxygen atoms in total. The van der Waals surface area contributed by atoms with Gasteiger partial charge < -0.3 is 20.1 Å². The summed E-state index contributed by atoms with van der Waals surface area (Å²) in [5.41, 5.74) is 6.62. The minimum Gasteiger partial charge on any atom is -0.454 e. The van der Waals surface area contributed by atoms with E-state index in [9.17, 15) is 4.79 Å². The van der Waals surface area contributed by atoms with Crippen LogP contribution in [0, 0.1) is 5.92 Å². The van der Waals surface area contributed by atoms with Crippen LogP contribution in [-0.4, -0.2) is 36.7 Å². The third-order valence-corrected chi connectivity index (χ3v) is 4.11. The summed E-state index contributed by atoms with van der Waals surface area (Å²) in [6, 6.07) is 5.48. The van der Waals surface area contributed by atoms with Crippen LogP contribution in [0.4, 0.5) is 0 Å². The average molecular weight is 313 g/mol. The smallest absolute Gasteiger partial charge is 0.254 e. The van der Waals surface area contributed by atoms with Crippen LogP contribution in [0.25, 0.3) is 0 Å². The summed E-state index contributed by atoms with van der Waals surface area (Å²) in [6.07, 6.45) is 2.12. The number of amides is 1. The van der Waals surface area contributed by atoms with Crippen LogP contribution in [0.2, 0.25) is 0 Å². The monoisotopic (exact) mass is 312 g/mol. The summed E-state index contributed by atoms with van der Waals surface area (Å²) in [7, 11) is 0. The van der Waals surface area contributed by atoms with Crippen molar-refractivity contribution in [2.45, 2.75) is 25.8 Å². The second-order valence-electron chi connectivity index (χ2n) is 5.58. The van der Waals surface area contributed by atoms with E-state index in [2.05, 4.69) is 0 Å². The Kier molecular flexibility index (Phi) is 4.96. The zero-order valence-corrected chi connectivity index (χ0v) is 12.9. The Morgan fingerprint density at radius 2 is 2.14 bits per heavy atom. The van der Waals surface area contributed by atoms with Crippen molar-refractivity contribution in [1.82, 2.24) is 4.90 Å². The van der Waals surface area contributed by atoms with Gasteiger partial charge in [-0.3, -0.25) is 4.79 Å². The first-order valence-corrected chi connectivity index (χ1v) is 7.09. The van der Waals surface area contributed by atoms with Crippen molar-refractivity contribution in [2.24, 2.45) is 11.7 Å². The van der Waals surface area contributed by atoms with Crippen molar-refractivity contribution in [1.29, 1.82) is 0 Å². The number of fused-ring (bicyclic) bond motifs is 1. The maximum Gasteiger partial charge on any atom is 0.254 e. The maximum atomic E-state index is 12.6. The van der Waals surface area contributed by atoms with Gasteiger partial charge in [0.25, 0.3) is 5.91 Å². The Morgan fingerprint density at radius 3 is 2.90 bits per heavy atom. The molecule has 2 atom stereocenters. The number of carbonyl (C=O) groups excluding carboxylic acids is 1. The van der Waals surface area contributed by atoms with Gasteiger partial charge in [-0.2, -0.15) is 0 Å². The Hall–Kier alpha value is -1.46. The van der Waals surface area contributed by atoms with Crippen LogP contribution in [0.15, 0.2) is 18.2 Å². The van der Waals surface area contributed by atoms with E-state index < -0.39 is 0 Å². The number of benzene rings is 1. The maximum absolute atomic E-state index is 12.6. The van der Waals surface area contributed by atoms with Crippen LogP contribution in [0.3, 0.4) is 0 Å². The van der Waals surface area contributed by atoms with Gasteiger partial charge in [-0.1, -0.05) is 0 Å². The summed E-state index contributed by atoms with van der Waals surface area (Å²) in [6.45, 7) is 3.78. The summed E-state index contributed by atoms with van der Waals surface area (Å²) in [5.74, 6) is 1.79. The minimum atomic E-state index is 0. The van der Waals surface area contributed by atoms with Crippen molar-refractivity contribution in [2.75, 3.05) is 19.9 Å². The predicted molar refractivity (Wildman–Crippen MR) is 82.1 cm³/mol. The number of hydrogen-bond acceptors (Lipinski definition) is 4. The number of rotatable bonds is 2. The largest absolute Gasteiger partial charge is 0.454 e. The number of hydrogen-bond donors (Lipinski definition) is 1. The lowest BCUT2D eigenvalue weighted by Crippen LogP contribution is -2.45. The molecule has 6 heteroatoms. The van der Waals surface area contributed by atoms with Gasteiger partial charge in [-0.15, -0.1) is 12.4 Å². The molecule has 1 aromatic carbocycles. The average Bonchev–Trinajstić information content (AvgIpc) is 2.94. The quantitative estimate of drug-likeness (QED) is 0.907. The summed E-state index contributed by atoms with van der Waals surface area (Å²) in [4.78, 5) is 14.5. The summed E-state index contributed by atoms with van der Waals surface area (Å²) < 4.78 is 10.6. The van der Waals surface area contributed by atoms with Crippen molar-refractivity contribution in [3.05, 3.63) is 23.8 Å². The lowest BCUT2D eigenvalue weighted by molar-refractivity contribution is 0.0660. The molecule has 2 unspecified atom stereocenters. The molecular weight excluding hydrogens is 292 g/mol. The second kappa shape index (κ2) is 6.54. The van der Waals surface area contributed by atoms with Gasteiger partial charge in [0.2, 0.25) is 6.79 Å². The molecule has 0 bridgehead atoms. The molecule has 0 aliphatic carbocycles. The molecule has 3 rings (SSSR count). The number of piperidine rings is 1. The fourth-order valence-corrected chi connectivity index (χ4v) is 2.84. The highest BCUT2D eigenvalue weighted by atomic mass is 35.5. The fraction of sp³-hybridized carbons (Fsp3) is 0.533. The predicted octanol–water partition coefficient (Wildman–Crippen LogP) is 2.04. The molecule has 1 fully saturated rings.